The molecule has 0 atom stereocenters. The predicted molar refractivity (Wildman–Crippen MR) is 38.5 cm³/mol. The van der Waals surface area contributed by atoms with E-state index in [1.165, 1.54) is 0 Å². The third-order valence-corrected chi connectivity index (χ3v) is 1.13. The highest BCUT2D eigenvalue weighted by Crippen LogP contribution is 1.93. The molecule has 0 unspecified atom stereocenters. The Kier molecular flexibility index (Phi) is 2.76. The fourth-order valence-electron chi connectivity index (χ4n) is 0.640. The van der Waals surface area contributed by atoms with E-state index in [0.29, 0.717) is 5.89 Å². The number of rotatable bonds is 3. The molecule has 0 fully saturated rings. The summed E-state index contributed by atoms with van der Waals surface area (Å²) in [6.07, 6.45) is 0. The maximum atomic E-state index is 11.0. The van der Waals surface area contributed by atoms with Gasteiger partial charge in [0.2, 0.25) is 5.89 Å². The van der Waals surface area contributed by atoms with Gasteiger partial charge in [0, 0.05) is 13.5 Å². The zero-order valence-corrected chi connectivity index (χ0v) is 6.57. The monoisotopic (exact) mass is 171 g/mol. The van der Waals surface area contributed by atoms with Gasteiger partial charge in [-0.05, 0) is 0 Å². The summed E-state index contributed by atoms with van der Waals surface area (Å²) in [5.41, 5.74) is 0. The number of aryl methyl sites for hydroxylation is 1. The van der Waals surface area contributed by atoms with E-state index in [9.17, 15) is 4.79 Å². The van der Waals surface area contributed by atoms with Crippen LogP contribution in [0.4, 0.5) is 0 Å². The number of hydrogen-bond acceptors (Lipinski definition) is 5. The van der Waals surface area contributed by atoms with Crippen LogP contribution in [0.1, 0.15) is 16.5 Å². The quantitative estimate of drug-likeness (QED) is 0.615. The lowest BCUT2D eigenvalue weighted by molar-refractivity contribution is 0.0931. The van der Waals surface area contributed by atoms with E-state index >= 15 is 0 Å². The zero-order valence-electron chi connectivity index (χ0n) is 6.57. The van der Waals surface area contributed by atoms with Crippen LogP contribution in [0, 0.1) is 6.92 Å². The molecule has 66 valence electrons. The van der Waals surface area contributed by atoms with Gasteiger partial charge in [-0.2, -0.15) is 4.98 Å². The first-order valence-electron chi connectivity index (χ1n) is 3.43. The number of nitrogens with zero attached hydrogens (tertiary/aromatic N) is 2. The highest BCUT2D eigenvalue weighted by atomic mass is 16.5. The van der Waals surface area contributed by atoms with Gasteiger partial charge < -0.3 is 14.9 Å². The van der Waals surface area contributed by atoms with E-state index in [4.69, 9.17) is 5.11 Å². The number of carbonyl (C=O) groups excluding carboxylic acids is 1. The summed E-state index contributed by atoms with van der Waals surface area (Å²) in [7, 11) is 0. The number of hydrogen-bond donors (Lipinski definition) is 2. The lowest BCUT2D eigenvalue weighted by atomic mass is 10.5. The largest absolute Gasteiger partial charge is 0.395 e. The van der Waals surface area contributed by atoms with Crippen LogP contribution in [0.5, 0.6) is 0 Å². The van der Waals surface area contributed by atoms with E-state index in [1.54, 1.807) is 6.92 Å². The lowest BCUT2D eigenvalue weighted by Crippen LogP contribution is -2.27. The van der Waals surface area contributed by atoms with E-state index in [0.717, 1.165) is 0 Å². The molecule has 0 radical (unpaired) electrons. The van der Waals surface area contributed by atoms with Crippen molar-refractivity contribution >= 4 is 5.91 Å². The molecule has 1 amide bonds. The summed E-state index contributed by atoms with van der Waals surface area (Å²) < 4.78 is 4.58. The molecule has 1 rings (SSSR count). The van der Waals surface area contributed by atoms with Crippen molar-refractivity contribution in [2.75, 3.05) is 13.2 Å². The minimum Gasteiger partial charge on any atom is -0.395 e. The van der Waals surface area contributed by atoms with Crippen LogP contribution in [-0.2, 0) is 0 Å². The zero-order chi connectivity index (χ0) is 8.97. The molecule has 0 aromatic carbocycles. The SMILES string of the molecule is Cc1nc(C(=O)NCCO)no1. The van der Waals surface area contributed by atoms with E-state index in [1.807, 2.05) is 0 Å². The number of nitrogens with one attached hydrogen (secondary N) is 1. The minimum atomic E-state index is -0.444. The summed E-state index contributed by atoms with van der Waals surface area (Å²) in [6.45, 7) is 1.67. The Hall–Kier alpha value is -1.43. The Labute approximate surface area is 68.6 Å². The average molecular weight is 171 g/mol. The number of carbonyl (C=O) groups is 1. The molecule has 6 nitrogen and oxygen atoms in total. The van der Waals surface area contributed by atoms with Gasteiger partial charge in [-0.25, -0.2) is 0 Å². The van der Waals surface area contributed by atoms with Crippen molar-refractivity contribution in [2.45, 2.75) is 6.92 Å². The van der Waals surface area contributed by atoms with Gasteiger partial charge in [-0.1, -0.05) is 5.16 Å². The Balaban J connectivity index is 2.53. The number of amides is 1. The molecule has 1 aromatic heterocycles. The third kappa shape index (κ3) is 2.03. The Morgan fingerprint density at radius 2 is 2.50 bits per heavy atom. The fourth-order valence-corrected chi connectivity index (χ4v) is 0.640. The van der Waals surface area contributed by atoms with Crippen molar-refractivity contribution in [2.24, 2.45) is 0 Å². The summed E-state index contributed by atoms with van der Waals surface area (Å²) in [6, 6.07) is 0. The average Bonchev–Trinajstić information content (AvgIpc) is 2.47. The van der Waals surface area contributed by atoms with Gasteiger partial charge in [0.15, 0.2) is 0 Å². The standard InChI is InChI=1S/C6H9N3O3/c1-4-8-5(9-12-4)6(11)7-2-3-10/h10H,2-3H2,1H3,(H,7,11). The molecular formula is C6H9N3O3. The van der Waals surface area contributed by atoms with Crippen molar-refractivity contribution in [1.82, 2.24) is 15.5 Å². The molecule has 1 heterocycles. The number of aliphatic hydroxyl groups excluding tert-OH is 1. The van der Waals surface area contributed by atoms with Crippen LogP contribution in [0.2, 0.25) is 0 Å². The highest BCUT2D eigenvalue weighted by Gasteiger charge is 2.10. The first-order chi connectivity index (χ1) is 5.74. The van der Waals surface area contributed by atoms with Gasteiger partial charge in [-0.15, -0.1) is 0 Å². The Morgan fingerprint density at radius 3 is 3.00 bits per heavy atom. The summed E-state index contributed by atoms with van der Waals surface area (Å²) in [5, 5.41) is 14.2. The first-order valence-corrected chi connectivity index (χ1v) is 3.43. The van der Waals surface area contributed by atoms with Crippen LogP contribution < -0.4 is 5.32 Å². The van der Waals surface area contributed by atoms with E-state index in [-0.39, 0.29) is 19.0 Å². The van der Waals surface area contributed by atoms with Crippen LogP contribution in [0.3, 0.4) is 0 Å². The topological polar surface area (TPSA) is 88.2 Å². The van der Waals surface area contributed by atoms with Crippen molar-refractivity contribution in [1.29, 1.82) is 0 Å². The molecule has 0 saturated carbocycles. The van der Waals surface area contributed by atoms with Crippen molar-refractivity contribution < 1.29 is 14.4 Å². The van der Waals surface area contributed by atoms with Gasteiger partial charge in [0.25, 0.3) is 11.7 Å². The molecule has 0 bridgehead atoms. The fraction of sp³-hybridized carbons (Fsp3) is 0.500. The van der Waals surface area contributed by atoms with Crippen molar-refractivity contribution in [3.8, 4) is 0 Å². The second kappa shape index (κ2) is 3.82. The van der Waals surface area contributed by atoms with Gasteiger partial charge in [0.05, 0.1) is 6.61 Å². The second-order valence-corrected chi connectivity index (χ2v) is 2.12. The molecule has 12 heavy (non-hydrogen) atoms. The molecule has 0 aliphatic rings. The molecule has 6 heteroatoms. The molecular weight excluding hydrogens is 162 g/mol. The van der Waals surface area contributed by atoms with E-state index < -0.39 is 5.91 Å². The third-order valence-electron chi connectivity index (χ3n) is 1.13. The lowest BCUT2D eigenvalue weighted by Gasteiger charge is -1.95. The van der Waals surface area contributed by atoms with Crippen LogP contribution in [0.15, 0.2) is 4.52 Å². The predicted octanol–water partition coefficient (Wildman–Crippen LogP) is -0.900. The van der Waals surface area contributed by atoms with Gasteiger partial charge in [-0.3, -0.25) is 4.79 Å². The summed E-state index contributed by atoms with van der Waals surface area (Å²) >= 11 is 0. The van der Waals surface area contributed by atoms with Gasteiger partial charge >= 0.3 is 0 Å². The Morgan fingerprint density at radius 1 is 1.75 bits per heavy atom. The Bertz CT molecular complexity index is 271. The minimum absolute atomic E-state index is 0.0130. The van der Waals surface area contributed by atoms with Crippen LogP contribution in [0.25, 0.3) is 0 Å². The smallest absolute Gasteiger partial charge is 0.292 e. The van der Waals surface area contributed by atoms with Crippen LogP contribution in [-0.4, -0.2) is 34.3 Å². The highest BCUT2D eigenvalue weighted by molar-refractivity contribution is 5.90. The molecule has 1 aromatic rings. The normalized spacial score (nSPS) is 9.83. The number of aromatic nitrogens is 2. The number of aliphatic hydroxyl groups is 1. The van der Waals surface area contributed by atoms with Crippen LogP contribution >= 0.6 is 0 Å². The molecule has 2 N–H and O–H groups in total. The molecule has 0 spiro atoms. The summed E-state index contributed by atoms with van der Waals surface area (Å²) in [4.78, 5) is 14.7. The second-order valence-electron chi connectivity index (χ2n) is 2.12. The molecule has 0 aliphatic heterocycles. The molecule has 0 aliphatic carbocycles. The van der Waals surface area contributed by atoms with Gasteiger partial charge in [0.1, 0.15) is 0 Å². The first kappa shape index (κ1) is 8.66. The molecule has 0 saturated heterocycles. The maximum absolute atomic E-state index is 11.0. The van der Waals surface area contributed by atoms with E-state index in [2.05, 4.69) is 20.0 Å². The van der Waals surface area contributed by atoms with Crippen molar-refractivity contribution in [3.63, 3.8) is 0 Å². The van der Waals surface area contributed by atoms with Crippen molar-refractivity contribution in [3.05, 3.63) is 11.7 Å². The summed E-state index contributed by atoms with van der Waals surface area (Å²) in [5.74, 6) is -0.119. The maximum Gasteiger partial charge on any atom is 0.292 e.